The fraction of sp³-hybridized carbons (Fsp3) is 0.733. The minimum atomic E-state index is 0.599. The van der Waals surface area contributed by atoms with Crippen molar-refractivity contribution >= 4 is 11.3 Å². The third-order valence-corrected chi connectivity index (χ3v) is 4.77. The van der Waals surface area contributed by atoms with E-state index < -0.39 is 0 Å². The first-order chi connectivity index (χ1) is 8.78. The summed E-state index contributed by atoms with van der Waals surface area (Å²) in [5.41, 5.74) is 0. The van der Waals surface area contributed by atoms with Crippen LogP contribution in [-0.4, -0.2) is 36.6 Å². The standard InChI is InChI=1S/C15H26N2S/c1-3-17-9-4-6-14(8-10-17)16-13(2)12-15-7-5-11-18-15/h5,7,11,13-14,16H,3-4,6,8-10,12H2,1-2H3. The van der Waals surface area contributed by atoms with E-state index in [4.69, 9.17) is 0 Å². The van der Waals surface area contributed by atoms with E-state index in [0.717, 1.165) is 6.04 Å². The minimum absolute atomic E-state index is 0.599. The molecule has 1 aliphatic rings. The Labute approximate surface area is 115 Å². The van der Waals surface area contributed by atoms with Crippen molar-refractivity contribution in [3.05, 3.63) is 22.4 Å². The van der Waals surface area contributed by atoms with Crippen LogP contribution < -0.4 is 5.32 Å². The molecule has 2 rings (SSSR count). The van der Waals surface area contributed by atoms with Crippen LogP contribution in [0.5, 0.6) is 0 Å². The van der Waals surface area contributed by atoms with Crippen LogP contribution in [-0.2, 0) is 6.42 Å². The minimum Gasteiger partial charge on any atom is -0.311 e. The third-order valence-electron chi connectivity index (χ3n) is 3.88. The molecule has 0 saturated carbocycles. The van der Waals surface area contributed by atoms with Gasteiger partial charge in [-0.2, -0.15) is 0 Å². The summed E-state index contributed by atoms with van der Waals surface area (Å²) in [6.45, 7) is 8.35. The Morgan fingerprint density at radius 3 is 3.06 bits per heavy atom. The molecule has 1 N–H and O–H groups in total. The van der Waals surface area contributed by atoms with Gasteiger partial charge in [-0.25, -0.2) is 0 Å². The normalized spacial score (nSPS) is 23.8. The second-order valence-corrected chi connectivity index (χ2v) is 6.45. The molecule has 0 amide bonds. The molecule has 2 unspecified atom stereocenters. The lowest BCUT2D eigenvalue weighted by Crippen LogP contribution is -2.38. The number of hydrogen-bond acceptors (Lipinski definition) is 3. The maximum atomic E-state index is 3.82. The van der Waals surface area contributed by atoms with Crippen LogP contribution in [0.1, 0.15) is 38.0 Å². The van der Waals surface area contributed by atoms with E-state index in [9.17, 15) is 0 Å². The molecule has 3 heteroatoms. The first kappa shape index (κ1) is 14.0. The van der Waals surface area contributed by atoms with Gasteiger partial charge >= 0.3 is 0 Å². The molecule has 2 atom stereocenters. The number of thiophene rings is 1. The lowest BCUT2D eigenvalue weighted by Gasteiger charge is -2.22. The summed E-state index contributed by atoms with van der Waals surface area (Å²) in [5, 5.41) is 6.00. The molecule has 102 valence electrons. The molecule has 0 bridgehead atoms. The number of rotatable bonds is 5. The van der Waals surface area contributed by atoms with Crippen molar-refractivity contribution in [2.24, 2.45) is 0 Å². The molecule has 0 spiro atoms. The number of hydrogen-bond donors (Lipinski definition) is 1. The fourth-order valence-electron chi connectivity index (χ4n) is 2.83. The quantitative estimate of drug-likeness (QED) is 0.881. The highest BCUT2D eigenvalue weighted by atomic mass is 32.1. The molecule has 0 radical (unpaired) electrons. The average Bonchev–Trinajstić information content (AvgIpc) is 2.75. The van der Waals surface area contributed by atoms with E-state index in [0.29, 0.717) is 6.04 Å². The first-order valence-corrected chi connectivity index (χ1v) is 8.16. The number of nitrogens with zero attached hydrogens (tertiary/aromatic N) is 1. The smallest absolute Gasteiger partial charge is 0.00896 e. The molecule has 1 fully saturated rings. The van der Waals surface area contributed by atoms with Crippen LogP contribution in [0.2, 0.25) is 0 Å². The molecule has 0 aromatic carbocycles. The zero-order chi connectivity index (χ0) is 12.8. The van der Waals surface area contributed by atoms with E-state index in [2.05, 4.69) is 41.6 Å². The van der Waals surface area contributed by atoms with Crippen molar-refractivity contribution in [3.63, 3.8) is 0 Å². The Balaban J connectivity index is 1.75. The second-order valence-electron chi connectivity index (χ2n) is 5.41. The van der Waals surface area contributed by atoms with Gasteiger partial charge in [-0.05, 0) is 63.7 Å². The summed E-state index contributed by atoms with van der Waals surface area (Å²) in [4.78, 5) is 4.07. The van der Waals surface area contributed by atoms with Crippen LogP contribution in [0, 0.1) is 0 Å². The SMILES string of the molecule is CCN1CCCC(NC(C)Cc2cccs2)CC1. The Hall–Kier alpha value is -0.380. The summed E-state index contributed by atoms with van der Waals surface area (Å²) in [5.74, 6) is 0. The van der Waals surface area contributed by atoms with Crippen molar-refractivity contribution in [2.75, 3.05) is 19.6 Å². The highest BCUT2D eigenvalue weighted by molar-refractivity contribution is 7.09. The topological polar surface area (TPSA) is 15.3 Å². The van der Waals surface area contributed by atoms with Crippen LogP contribution >= 0.6 is 11.3 Å². The van der Waals surface area contributed by atoms with E-state index in [-0.39, 0.29) is 0 Å². The fourth-order valence-corrected chi connectivity index (χ4v) is 3.67. The second kappa shape index (κ2) is 7.27. The van der Waals surface area contributed by atoms with Gasteiger partial charge in [0, 0.05) is 17.0 Å². The van der Waals surface area contributed by atoms with Gasteiger partial charge in [0.25, 0.3) is 0 Å². The Kier molecular flexibility index (Phi) is 5.67. The molecule has 18 heavy (non-hydrogen) atoms. The lowest BCUT2D eigenvalue weighted by molar-refractivity contribution is 0.295. The highest BCUT2D eigenvalue weighted by Crippen LogP contribution is 2.14. The summed E-state index contributed by atoms with van der Waals surface area (Å²) < 4.78 is 0. The van der Waals surface area contributed by atoms with Crippen LogP contribution in [0.4, 0.5) is 0 Å². The zero-order valence-corrected chi connectivity index (χ0v) is 12.5. The molecule has 2 heterocycles. The Morgan fingerprint density at radius 2 is 2.33 bits per heavy atom. The molecule has 1 saturated heterocycles. The molecule has 2 nitrogen and oxygen atoms in total. The van der Waals surface area contributed by atoms with E-state index in [1.54, 1.807) is 0 Å². The van der Waals surface area contributed by atoms with E-state index in [1.807, 2.05) is 11.3 Å². The monoisotopic (exact) mass is 266 g/mol. The number of likely N-dealkylation sites (tertiary alicyclic amines) is 1. The number of nitrogens with one attached hydrogen (secondary N) is 1. The van der Waals surface area contributed by atoms with Crippen molar-refractivity contribution in [1.29, 1.82) is 0 Å². The molecular weight excluding hydrogens is 240 g/mol. The molecule has 1 aromatic heterocycles. The van der Waals surface area contributed by atoms with Gasteiger partial charge in [0.2, 0.25) is 0 Å². The van der Waals surface area contributed by atoms with Gasteiger partial charge in [-0.15, -0.1) is 11.3 Å². The van der Waals surface area contributed by atoms with Gasteiger partial charge in [-0.1, -0.05) is 13.0 Å². The average molecular weight is 266 g/mol. The van der Waals surface area contributed by atoms with E-state index in [1.165, 1.54) is 50.2 Å². The van der Waals surface area contributed by atoms with Gasteiger partial charge < -0.3 is 10.2 Å². The van der Waals surface area contributed by atoms with Gasteiger partial charge in [0.15, 0.2) is 0 Å². The third kappa shape index (κ3) is 4.38. The van der Waals surface area contributed by atoms with Gasteiger partial charge in [0.05, 0.1) is 0 Å². The summed E-state index contributed by atoms with van der Waals surface area (Å²) in [7, 11) is 0. The van der Waals surface area contributed by atoms with Gasteiger partial charge in [-0.3, -0.25) is 0 Å². The molecule has 1 aromatic rings. The summed E-state index contributed by atoms with van der Waals surface area (Å²) in [6.07, 6.45) is 5.16. The van der Waals surface area contributed by atoms with Crippen molar-refractivity contribution < 1.29 is 0 Å². The predicted octanol–water partition coefficient (Wildman–Crippen LogP) is 3.14. The van der Waals surface area contributed by atoms with Crippen LogP contribution in [0.15, 0.2) is 17.5 Å². The maximum Gasteiger partial charge on any atom is 0.00896 e. The lowest BCUT2D eigenvalue weighted by atomic mass is 10.1. The van der Waals surface area contributed by atoms with Crippen molar-refractivity contribution in [1.82, 2.24) is 10.2 Å². The summed E-state index contributed by atoms with van der Waals surface area (Å²) in [6, 6.07) is 5.71. The zero-order valence-electron chi connectivity index (χ0n) is 11.7. The van der Waals surface area contributed by atoms with Crippen LogP contribution in [0.3, 0.4) is 0 Å². The molecule has 1 aliphatic heterocycles. The van der Waals surface area contributed by atoms with Crippen LogP contribution in [0.25, 0.3) is 0 Å². The van der Waals surface area contributed by atoms with Crippen molar-refractivity contribution in [3.8, 4) is 0 Å². The largest absolute Gasteiger partial charge is 0.311 e. The van der Waals surface area contributed by atoms with Gasteiger partial charge in [0.1, 0.15) is 0 Å². The predicted molar refractivity (Wildman–Crippen MR) is 80.4 cm³/mol. The maximum absolute atomic E-state index is 3.82. The van der Waals surface area contributed by atoms with E-state index >= 15 is 0 Å². The van der Waals surface area contributed by atoms with Crippen molar-refractivity contribution in [2.45, 2.75) is 51.6 Å². The first-order valence-electron chi connectivity index (χ1n) is 7.28. The molecule has 0 aliphatic carbocycles. The highest BCUT2D eigenvalue weighted by Gasteiger charge is 2.17. The Bertz CT molecular complexity index is 323. The summed E-state index contributed by atoms with van der Waals surface area (Å²) >= 11 is 1.87. The molecular formula is C15H26N2S. The Morgan fingerprint density at radius 1 is 1.44 bits per heavy atom.